The molecule has 0 aliphatic rings. The normalized spacial score (nSPS) is 11.9. The summed E-state index contributed by atoms with van der Waals surface area (Å²) in [5.41, 5.74) is 6.52. The maximum Gasteiger partial charge on any atom is 0.340 e. The minimum atomic E-state index is -0.413. The molecule has 0 aliphatic carbocycles. The number of hydrogen-bond donors (Lipinski definition) is 1. The van der Waals surface area contributed by atoms with E-state index in [1.807, 2.05) is 6.92 Å². The van der Waals surface area contributed by atoms with Crippen LogP contribution in [0, 0.1) is 0 Å². The topological polar surface area (TPSA) is 61.5 Å². The van der Waals surface area contributed by atoms with Crippen LogP contribution >= 0.6 is 0 Å². The lowest BCUT2D eigenvalue weighted by Gasteiger charge is -2.15. The predicted octanol–water partition coefficient (Wildman–Crippen LogP) is 3.01. The standard InChI is InChI=1S/C14H21NO3/c1-4-6-10(3)18-11-7-8-13(15)12(9-11)14(16)17-5-2/h7-10H,4-6,15H2,1-3H3. The van der Waals surface area contributed by atoms with E-state index < -0.39 is 5.97 Å². The van der Waals surface area contributed by atoms with Gasteiger partial charge in [-0.1, -0.05) is 13.3 Å². The van der Waals surface area contributed by atoms with E-state index in [9.17, 15) is 4.79 Å². The fourth-order valence-corrected chi connectivity index (χ4v) is 1.69. The summed E-state index contributed by atoms with van der Waals surface area (Å²) in [6, 6.07) is 5.07. The summed E-state index contributed by atoms with van der Waals surface area (Å²) < 4.78 is 10.7. The van der Waals surface area contributed by atoms with E-state index in [1.165, 1.54) is 0 Å². The Hall–Kier alpha value is -1.71. The Labute approximate surface area is 108 Å². The van der Waals surface area contributed by atoms with Crippen LogP contribution in [0.2, 0.25) is 0 Å². The highest BCUT2D eigenvalue weighted by atomic mass is 16.5. The smallest absolute Gasteiger partial charge is 0.340 e. The van der Waals surface area contributed by atoms with E-state index in [0.717, 1.165) is 12.8 Å². The van der Waals surface area contributed by atoms with Crippen LogP contribution in [0.3, 0.4) is 0 Å². The molecular weight excluding hydrogens is 230 g/mol. The highest BCUT2D eigenvalue weighted by Gasteiger charge is 2.13. The Morgan fingerprint density at radius 2 is 2.11 bits per heavy atom. The molecule has 100 valence electrons. The largest absolute Gasteiger partial charge is 0.491 e. The summed E-state index contributed by atoms with van der Waals surface area (Å²) in [4.78, 5) is 11.7. The van der Waals surface area contributed by atoms with Crippen LogP contribution in [0.1, 0.15) is 44.0 Å². The molecule has 0 aliphatic heterocycles. The molecule has 0 saturated heterocycles. The van der Waals surface area contributed by atoms with E-state index in [4.69, 9.17) is 15.2 Å². The lowest BCUT2D eigenvalue weighted by Crippen LogP contribution is -2.13. The first-order valence-corrected chi connectivity index (χ1v) is 6.31. The number of esters is 1. The van der Waals surface area contributed by atoms with Crippen LogP contribution in [0.5, 0.6) is 5.75 Å². The molecular formula is C14H21NO3. The third-order valence-corrected chi connectivity index (χ3v) is 2.55. The average Bonchev–Trinajstić information content (AvgIpc) is 2.32. The number of carbonyl (C=O) groups excluding carboxylic acids is 1. The van der Waals surface area contributed by atoms with E-state index >= 15 is 0 Å². The van der Waals surface area contributed by atoms with E-state index in [2.05, 4.69) is 6.92 Å². The Bertz CT molecular complexity index is 404. The molecule has 1 rings (SSSR count). The number of ether oxygens (including phenoxy) is 2. The van der Waals surface area contributed by atoms with Gasteiger partial charge in [0.25, 0.3) is 0 Å². The molecule has 1 aromatic rings. The van der Waals surface area contributed by atoms with Crippen LogP contribution in [0.15, 0.2) is 18.2 Å². The second-order valence-electron chi connectivity index (χ2n) is 4.19. The van der Waals surface area contributed by atoms with Gasteiger partial charge in [-0.15, -0.1) is 0 Å². The zero-order chi connectivity index (χ0) is 13.5. The van der Waals surface area contributed by atoms with Gasteiger partial charge in [0.05, 0.1) is 18.3 Å². The lowest BCUT2D eigenvalue weighted by atomic mass is 10.1. The van der Waals surface area contributed by atoms with Gasteiger partial charge in [-0.05, 0) is 38.5 Å². The van der Waals surface area contributed by atoms with E-state index in [0.29, 0.717) is 23.6 Å². The summed E-state index contributed by atoms with van der Waals surface area (Å²) >= 11 is 0. The summed E-state index contributed by atoms with van der Waals surface area (Å²) in [7, 11) is 0. The number of nitrogen functional groups attached to an aromatic ring is 1. The fraction of sp³-hybridized carbons (Fsp3) is 0.500. The number of anilines is 1. The first-order chi connectivity index (χ1) is 8.58. The average molecular weight is 251 g/mol. The summed E-state index contributed by atoms with van der Waals surface area (Å²) in [6.07, 6.45) is 2.15. The van der Waals surface area contributed by atoms with Gasteiger partial charge in [-0.2, -0.15) is 0 Å². The van der Waals surface area contributed by atoms with Gasteiger partial charge in [-0.25, -0.2) is 4.79 Å². The zero-order valence-corrected chi connectivity index (χ0v) is 11.2. The highest BCUT2D eigenvalue weighted by Crippen LogP contribution is 2.22. The molecule has 0 radical (unpaired) electrons. The quantitative estimate of drug-likeness (QED) is 0.623. The Kier molecular flexibility index (Phi) is 5.49. The molecule has 0 fully saturated rings. The highest BCUT2D eigenvalue weighted by molar-refractivity contribution is 5.95. The number of rotatable bonds is 6. The lowest BCUT2D eigenvalue weighted by molar-refractivity contribution is 0.0527. The monoisotopic (exact) mass is 251 g/mol. The summed E-state index contributed by atoms with van der Waals surface area (Å²) in [5.74, 6) is 0.233. The molecule has 0 aromatic heterocycles. The predicted molar refractivity (Wildman–Crippen MR) is 71.8 cm³/mol. The fourth-order valence-electron chi connectivity index (χ4n) is 1.69. The summed E-state index contributed by atoms with van der Waals surface area (Å²) in [5, 5.41) is 0. The van der Waals surface area contributed by atoms with Crippen molar-refractivity contribution in [1.82, 2.24) is 0 Å². The van der Waals surface area contributed by atoms with Crippen molar-refractivity contribution >= 4 is 11.7 Å². The Morgan fingerprint density at radius 1 is 1.39 bits per heavy atom. The summed E-state index contributed by atoms with van der Waals surface area (Å²) in [6.45, 7) is 6.20. The van der Waals surface area contributed by atoms with Crippen LogP contribution in [-0.2, 0) is 4.74 Å². The van der Waals surface area contributed by atoms with Crippen molar-refractivity contribution in [2.45, 2.75) is 39.7 Å². The molecule has 4 nitrogen and oxygen atoms in total. The second kappa shape index (κ2) is 6.89. The van der Waals surface area contributed by atoms with Gasteiger partial charge in [0.2, 0.25) is 0 Å². The van der Waals surface area contributed by atoms with Crippen molar-refractivity contribution in [3.05, 3.63) is 23.8 Å². The second-order valence-corrected chi connectivity index (χ2v) is 4.19. The molecule has 2 N–H and O–H groups in total. The third kappa shape index (κ3) is 3.95. The number of nitrogens with two attached hydrogens (primary N) is 1. The number of hydrogen-bond acceptors (Lipinski definition) is 4. The minimum absolute atomic E-state index is 0.119. The van der Waals surface area contributed by atoms with Crippen molar-refractivity contribution in [3.63, 3.8) is 0 Å². The van der Waals surface area contributed by atoms with Gasteiger partial charge < -0.3 is 15.2 Å². The first kappa shape index (κ1) is 14.4. The minimum Gasteiger partial charge on any atom is -0.491 e. The van der Waals surface area contributed by atoms with E-state index in [-0.39, 0.29) is 6.10 Å². The third-order valence-electron chi connectivity index (χ3n) is 2.55. The molecule has 0 amide bonds. The SMILES string of the molecule is CCCC(C)Oc1ccc(N)c(C(=O)OCC)c1. The molecule has 18 heavy (non-hydrogen) atoms. The maximum absolute atomic E-state index is 11.7. The van der Waals surface area contributed by atoms with Crippen molar-refractivity contribution in [2.75, 3.05) is 12.3 Å². The molecule has 1 aromatic carbocycles. The van der Waals surface area contributed by atoms with Crippen molar-refractivity contribution in [3.8, 4) is 5.75 Å². The molecule has 0 spiro atoms. The van der Waals surface area contributed by atoms with Crippen molar-refractivity contribution in [2.24, 2.45) is 0 Å². The van der Waals surface area contributed by atoms with Gasteiger partial charge >= 0.3 is 5.97 Å². The Balaban J connectivity index is 2.83. The molecule has 4 heteroatoms. The van der Waals surface area contributed by atoms with Crippen LogP contribution < -0.4 is 10.5 Å². The number of benzene rings is 1. The number of carbonyl (C=O) groups is 1. The van der Waals surface area contributed by atoms with E-state index in [1.54, 1.807) is 25.1 Å². The Morgan fingerprint density at radius 3 is 2.72 bits per heavy atom. The van der Waals surface area contributed by atoms with Gasteiger partial charge in [0.15, 0.2) is 0 Å². The van der Waals surface area contributed by atoms with Crippen molar-refractivity contribution in [1.29, 1.82) is 0 Å². The molecule has 0 bridgehead atoms. The van der Waals surface area contributed by atoms with Crippen molar-refractivity contribution < 1.29 is 14.3 Å². The van der Waals surface area contributed by atoms with Gasteiger partial charge in [-0.3, -0.25) is 0 Å². The van der Waals surface area contributed by atoms with Crippen LogP contribution in [0.4, 0.5) is 5.69 Å². The molecule has 0 saturated carbocycles. The molecule has 0 heterocycles. The van der Waals surface area contributed by atoms with Crippen LogP contribution in [0.25, 0.3) is 0 Å². The van der Waals surface area contributed by atoms with Gasteiger partial charge in [0.1, 0.15) is 5.75 Å². The first-order valence-electron chi connectivity index (χ1n) is 6.31. The molecule has 1 atom stereocenters. The molecule has 1 unspecified atom stereocenters. The zero-order valence-electron chi connectivity index (χ0n) is 11.2. The van der Waals surface area contributed by atoms with Crippen LogP contribution in [-0.4, -0.2) is 18.7 Å². The maximum atomic E-state index is 11.7. The van der Waals surface area contributed by atoms with Gasteiger partial charge in [0, 0.05) is 5.69 Å².